The largest absolute Gasteiger partial charge is 0.467 e. The lowest BCUT2D eigenvalue weighted by Crippen LogP contribution is -2.54. The molecule has 0 saturated carbocycles. The van der Waals surface area contributed by atoms with Crippen LogP contribution >= 0.6 is 12.4 Å². The summed E-state index contributed by atoms with van der Waals surface area (Å²) < 4.78 is 31.6. The number of esters is 1. The molecule has 1 saturated heterocycles. The minimum atomic E-state index is -3.04. The van der Waals surface area contributed by atoms with Crippen molar-refractivity contribution in [3.8, 4) is 0 Å². The van der Waals surface area contributed by atoms with E-state index in [-0.39, 0.29) is 31.9 Å². The van der Waals surface area contributed by atoms with Gasteiger partial charge in [0.25, 0.3) is 5.92 Å². The zero-order chi connectivity index (χ0) is 13.8. The molecule has 2 N–H and O–H groups in total. The van der Waals surface area contributed by atoms with E-state index in [1.54, 1.807) is 6.92 Å². The Kier molecular flexibility index (Phi) is 7.21. The van der Waals surface area contributed by atoms with Gasteiger partial charge < -0.3 is 15.4 Å². The first-order valence-corrected chi connectivity index (χ1v) is 5.89. The average Bonchev–Trinajstić information content (AvgIpc) is 2.34. The molecule has 112 valence electrons. The minimum Gasteiger partial charge on any atom is -0.467 e. The number of rotatable bonds is 4. The fourth-order valence-electron chi connectivity index (χ4n) is 1.85. The first-order chi connectivity index (χ1) is 8.42. The summed E-state index contributed by atoms with van der Waals surface area (Å²) in [5, 5.41) is 5.06. The summed E-state index contributed by atoms with van der Waals surface area (Å²) in [5.41, 5.74) is 0. The highest BCUT2D eigenvalue weighted by atomic mass is 35.5. The highest BCUT2D eigenvalue weighted by Gasteiger charge is 2.46. The molecule has 0 aliphatic carbocycles. The Bertz CT molecular complexity index is 329. The molecular weight excluding hydrogens is 282 g/mol. The van der Waals surface area contributed by atoms with Crippen LogP contribution in [0, 0.1) is 5.92 Å². The van der Waals surface area contributed by atoms with Gasteiger partial charge in [-0.05, 0) is 6.42 Å². The van der Waals surface area contributed by atoms with Gasteiger partial charge in [0, 0.05) is 19.5 Å². The van der Waals surface area contributed by atoms with Crippen LogP contribution in [0.15, 0.2) is 0 Å². The summed E-state index contributed by atoms with van der Waals surface area (Å²) in [4.78, 5) is 23.0. The van der Waals surface area contributed by atoms with Gasteiger partial charge in [0.2, 0.25) is 5.91 Å². The third-order valence-electron chi connectivity index (χ3n) is 3.02. The van der Waals surface area contributed by atoms with Crippen LogP contribution in [0.4, 0.5) is 8.78 Å². The number of nitrogens with one attached hydrogen (secondary N) is 2. The number of ether oxygens (including phenoxy) is 1. The van der Waals surface area contributed by atoms with Crippen molar-refractivity contribution in [3.05, 3.63) is 0 Å². The van der Waals surface area contributed by atoms with Crippen LogP contribution < -0.4 is 10.6 Å². The normalized spacial score (nSPS) is 22.8. The van der Waals surface area contributed by atoms with Gasteiger partial charge in [0.15, 0.2) is 0 Å². The Balaban J connectivity index is 0.00000324. The van der Waals surface area contributed by atoms with Gasteiger partial charge in [0.05, 0.1) is 7.11 Å². The van der Waals surface area contributed by atoms with Crippen LogP contribution in [0.2, 0.25) is 0 Å². The Morgan fingerprint density at radius 2 is 2.16 bits per heavy atom. The van der Waals surface area contributed by atoms with Gasteiger partial charge in [-0.2, -0.15) is 0 Å². The van der Waals surface area contributed by atoms with E-state index < -0.39 is 29.8 Å². The van der Waals surface area contributed by atoms with E-state index in [0.29, 0.717) is 6.42 Å². The second kappa shape index (κ2) is 7.59. The van der Waals surface area contributed by atoms with Gasteiger partial charge in [-0.1, -0.05) is 6.92 Å². The molecule has 0 radical (unpaired) electrons. The molecule has 0 aromatic rings. The van der Waals surface area contributed by atoms with Crippen molar-refractivity contribution in [3.63, 3.8) is 0 Å². The second-order valence-electron chi connectivity index (χ2n) is 4.26. The third-order valence-corrected chi connectivity index (χ3v) is 3.02. The van der Waals surface area contributed by atoms with Crippen LogP contribution in [-0.2, 0) is 14.3 Å². The van der Waals surface area contributed by atoms with E-state index in [2.05, 4.69) is 15.4 Å². The lowest BCUT2D eigenvalue weighted by Gasteiger charge is -2.31. The van der Waals surface area contributed by atoms with Gasteiger partial charge in [0.1, 0.15) is 12.0 Å². The Labute approximate surface area is 116 Å². The van der Waals surface area contributed by atoms with E-state index >= 15 is 0 Å². The van der Waals surface area contributed by atoms with Crippen molar-refractivity contribution in [2.75, 3.05) is 20.2 Å². The molecule has 0 spiro atoms. The number of alkyl halides is 2. The summed E-state index contributed by atoms with van der Waals surface area (Å²) in [6.07, 6.45) is -0.0791. The predicted octanol–water partition coefficient (Wildman–Crippen LogP) is 0.721. The van der Waals surface area contributed by atoms with Crippen LogP contribution in [0.25, 0.3) is 0 Å². The fraction of sp³-hybridized carbons (Fsp3) is 0.818. The van der Waals surface area contributed by atoms with E-state index in [1.165, 1.54) is 7.11 Å². The molecule has 1 amide bonds. The zero-order valence-corrected chi connectivity index (χ0v) is 11.7. The van der Waals surface area contributed by atoms with Crippen molar-refractivity contribution in [1.29, 1.82) is 0 Å². The lowest BCUT2D eigenvalue weighted by atomic mass is 9.93. The summed E-state index contributed by atoms with van der Waals surface area (Å²) >= 11 is 0. The number of hydrogen-bond donors (Lipinski definition) is 2. The second-order valence-corrected chi connectivity index (χ2v) is 4.26. The van der Waals surface area contributed by atoms with Crippen molar-refractivity contribution < 1.29 is 23.1 Å². The standard InChI is InChI=1S/C11H18F2N2O3.ClH/c1-3-8(10(17)18-2)15-9(16)7-6-14-5-4-11(7,12)13;/h7-8,14H,3-6H2,1-2H3,(H,15,16);1H/t7?,8-;/m0./s1. The molecule has 0 aromatic heterocycles. The van der Waals surface area contributed by atoms with E-state index in [1.807, 2.05) is 0 Å². The molecule has 1 heterocycles. The third kappa shape index (κ3) is 4.58. The predicted molar refractivity (Wildman–Crippen MR) is 67.4 cm³/mol. The van der Waals surface area contributed by atoms with E-state index in [4.69, 9.17) is 0 Å². The zero-order valence-electron chi connectivity index (χ0n) is 10.9. The highest BCUT2D eigenvalue weighted by Crippen LogP contribution is 2.30. The molecule has 2 atom stereocenters. The summed E-state index contributed by atoms with van der Waals surface area (Å²) in [6.45, 7) is 1.76. The van der Waals surface area contributed by atoms with Gasteiger partial charge >= 0.3 is 5.97 Å². The molecule has 1 aliphatic rings. The SMILES string of the molecule is CC[C@H](NC(=O)C1CNCCC1(F)F)C(=O)OC.Cl. The average molecular weight is 301 g/mol. The maximum atomic E-state index is 13.5. The molecule has 0 bridgehead atoms. The van der Waals surface area contributed by atoms with Crippen molar-refractivity contribution in [2.24, 2.45) is 5.92 Å². The number of methoxy groups -OCH3 is 1. The maximum absolute atomic E-state index is 13.5. The molecule has 8 heteroatoms. The molecule has 0 aromatic carbocycles. The Morgan fingerprint density at radius 1 is 1.53 bits per heavy atom. The van der Waals surface area contributed by atoms with Gasteiger partial charge in [-0.3, -0.25) is 4.79 Å². The van der Waals surface area contributed by atoms with Crippen LogP contribution in [0.3, 0.4) is 0 Å². The Hall–Kier alpha value is -0.950. The summed E-state index contributed by atoms with van der Waals surface area (Å²) in [7, 11) is 1.19. The number of halogens is 3. The summed E-state index contributed by atoms with van der Waals surface area (Å²) in [5.74, 6) is -5.92. The van der Waals surface area contributed by atoms with Gasteiger partial charge in [-0.25, -0.2) is 13.6 Å². The van der Waals surface area contributed by atoms with E-state index in [0.717, 1.165) is 0 Å². The minimum absolute atomic E-state index is 0. The molecule has 19 heavy (non-hydrogen) atoms. The van der Waals surface area contributed by atoms with Gasteiger partial charge in [-0.15, -0.1) is 12.4 Å². The molecule has 1 aliphatic heterocycles. The van der Waals surface area contributed by atoms with Crippen LogP contribution in [0.1, 0.15) is 19.8 Å². The quantitative estimate of drug-likeness (QED) is 0.751. The first kappa shape index (κ1) is 18.0. The number of carbonyl (C=O) groups is 2. The molecule has 1 fully saturated rings. The maximum Gasteiger partial charge on any atom is 0.328 e. The smallest absolute Gasteiger partial charge is 0.328 e. The molecule has 1 unspecified atom stereocenters. The molecule has 1 rings (SSSR count). The Morgan fingerprint density at radius 3 is 2.63 bits per heavy atom. The van der Waals surface area contributed by atoms with Crippen LogP contribution in [-0.4, -0.2) is 44.0 Å². The molecule has 5 nitrogen and oxygen atoms in total. The topological polar surface area (TPSA) is 67.4 Å². The number of amides is 1. The first-order valence-electron chi connectivity index (χ1n) is 5.89. The van der Waals surface area contributed by atoms with E-state index in [9.17, 15) is 18.4 Å². The number of hydrogen-bond acceptors (Lipinski definition) is 4. The van der Waals surface area contributed by atoms with Crippen molar-refractivity contribution >= 4 is 24.3 Å². The lowest BCUT2D eigenvalue weighted by molar-refractivity contribution is -0.151. The monoisotopic (exact) mass is 300 g/mol. The number of carbonyl (C=O) groups excluding carboxylic acids is 2. The van der Waals surface area contributed by atoms with Crippen molar-refractivity contribution in [2.45, 2.75) is 31.7 Å². The van der Waals surface area contributed by atoms with Crippen molar-refractivity contribution in [1.82, 2.24) is 10.6 Å². The molecular formula is C11H19ClF2N2O3. The fourth-order valence-corrected chi connectivity index (χ4v) is 1.85. The number of piperidine rings is 1. The highest BCUT2D eigenvalue weighted by molar-refractivity contribution is 5.86. The summed E-state index contributed by atoms with van der Waals surface area (Å²) in [6, 6.07) is -0.875. The van der Waals surface area contributed by atoms with Crippen LogP contribution in [0.5, 0.6) is 0 Å².